The van der Waals surface area contributed by atoms with E-state index in [0.717, 1.165) is 12.2 Å². The number of hydrogen-bond acceptors (Lipinski definition) is 3. The number of rotatable bonds is 5. The van der Waals surface area contributed by atoms with Gasteiger partial charge in [-0.15, -0.1) is 0 Å². The van der Waals surface area contributed by atoms with E-state index < -0.39 is 17.8 Å². The van der Waals surface area contributed by atoms with Gasteiger partial charge < -0.3 is 15.2 Å². The van der Waals surface area contributed by atoms with Gasteiger partial charge in [-0.25, -0.2) is 0 Å². The molecule has 1 aliphatic rings. The lowest BCUT2D eigenvalue weighted by Gasteiger charge is -2.15. The van der Waals surface area contributed by atoms with Crippen molar-refractivity contribution in [3.8, 4) is 5.75 Å². The zero-order valence-electron chi connectivity index (χ0n) is 11.5. The Labute approximate surface area is 117 Å². The van der Waals surface area contributed by atoms with Gasteiger partial charge in [-0.1, -0.05) is 6.42 Å². The second-order valence-electron chi connectivity index (χ2n) is 4.93. The molecule has 108 valence electrons. The smallest absolute Gasteiger partial charge is 0.307 e. The van der Waals surface area contributed by atoms with Crippen molar-refractivity contribution in [3.05, 3.63) is 24.3 Å². The van der Waals surface area contributed by atoms with Crippen molar-refractivity contribution >= 4 is 17.6 Å². The molecular weight excluding hydrogens is 258 g/mol. The van der Waals surface area contributed by atoms with Crippen molar-refractivity contribution in [1.29, 1.82) is 0 Å². The third kappa shape index (κ3) is 3.29. The van der Waals surface area contributed by atoms with E-state index in [-0.39, 0.29) is 5.91 Å². The largest absolute Gasteiger partial charge is 0.494 e. The van der Waals surface area contributed by atoms with Crippen LogP contribution in [0.5, 0.6) is 5.75 Å². The molecule has 2 unspecified atom stereocenters. The van der Waals surface area contributed by atoms with E-state index in [9.17, 15) is 9.59 Å². The summed E-state index contributed by atoms with van der Waals surface area (Å²) >= 11 is 0. The maximum Gasteiger partial charge on any atom is 0.307 e. The molecule has 20 heavy (non-hydrogen) atoms. The molecule has 0 aromatic heterocycles. The number of carboxylic acids is 1. The minimum atomic E-state index is -0.880. The summed E-state index contributed by atoms with van der Waals surface area (Å²) in [5.74, 6) is -1.33. The van der Waals surface area contributed by atoms with Gasteiger partial charge in [0, 0.05) is 5.69 Å². The highest BCUT2D eigenvalue weighted by molar-refractivity contribution is 5.95. The first-order valence-corrected chi connectivity index (χ1v) is 6.88. The number of carboxylic acid groups (broad SMARTS) is 1. The van der Waals surface area contributed by atoms with Crippen molar-refractivity contribution in [2.75, 3.05) is 11.9 Å². The van der Waals surface area contributed by atoms with Crippen molar-refractivity contribution < 1.29 is 19.4 Å². The summed E-state index contributed by atoms with van der Waals surface area (Å²) in [6, 6.07) is 7.08. The summed E-state index contributed by atoms with van der Waals surface area (Å²) in [6.07, 6.45) is 2.01. The molecule has 0 spiro atoms. The minimum absolute atomic E-state index is 0.209. The van der Waals surface area contributed by atoms with Crippen LogP contribution < -0.4 is 10.1 Å². The van der Waals surface area contributed by atoms with Crippen LogP contribution >= 0.6 is 0 Å². The lowest BCUT2D eigenvalue weighted by atomic mass is 9.95. The Balaban J connectivity index is 1.98. The van der Waals surface area contributed by atoms with E-state index in [2.05, 4.69) is 5.32 Å². The molecule has 2 N–H and O–H groups in total. The molecule has 0 radical (unpaired) electrons. The first kappa shape index (κ1) is 14.4. The number of ether oxygens (including phenoxy) is 1. The van der Waals surface area contributed by atoms with Gasteiger partial charge in [0.05, 0.1) is 18.4 Å². The molecule has 0 aliphatic heterocycles. The van der Waals surface area contributed by atoms with Crippen LogP contribution in [0.1, 0.15) is 26.2 Å². The fourth-order valence-electron chi connectivity index (χ4n) is 2.61. The van der Waals surface area contributed by atoms with Crippen LogP contribution in [0.25, 0.3) is 0 Å². The second-order valence-corrected chi connectivity index (χ2v) is 4.93. The molecule has 0 saturated heterocycles. The Bertz CT molecular complexity index is 483. The normalized spacial score (nSPS) is 21.4. The summed E-state index contributed by atoms with van der Waals surface area (Å²) in [7, 11) is 0. The molecule has 1 aromatic rings. The Kier molecular flexibility index (Phi) is 4.61. The topological polar surface area (TPSA) is 75.6 Å². The minimum Gasteiger partial charge on any atom is -0.494 e. The van der Waals surface area contributed by atoms with Gasteiger partial charge in [0.2, 0.25) is 5.91 Å². The van der Waals surface area contributed by atoms with Crippen molar-refractivity contribution in [1.82, 2.24) is 0 Å². The maximum absolute atomic E-state index is 12.1. The van der Waals surface area contributed by atoms with Crippen LogP contribution in [0, 0.1) is 11.8 Å². The molecule has 5 heteroatoms. The van der Waals surface area contributed by atoms with E-state index >= 15 is 0 Å². The Hall–Kier alpha value is -2.04. The van der Waals surface area contributed by atoms with Gasteiger partial charge in [-0.2, -0.15) is 0 Å². The molecule has 1 aromatic carbocycles. The number of anilines is 1. The predicted molar refractivity (Wildman–Crippen MR) is 74.7 cm³/mol. The average molecular weight is 277 g/mol. The highest BCUT2D eigenvalue weighted by Gasteiger charge is 2.37. The third-order valence-corrected chi connectivity index (χ3v) is 3.60. The monoisotopic (exact) mass is 277 g/mol. The second kappa shape index (κ2) is 6.41. The molecule has 2 rings (SSSR count). The van der Waals surface area contributed by atoms with Crippen molar-refractivity contribution in [2.45, 2.75) is 26.2 Å². The summed E-state index contributed by atoms with van der Waals surface area (Å²) in [4.78, 5) is 23.2. The molecule has 1 fully saturated rings. The SMILES string of the molecule is CCOc1ccc(NC(=O)C2CCCC2C(=O)O)cc1. The first-order chi connectivity index (χ1) is 9.61. The number of hydrogen-bond donors (Lipinski definition) is 2. The van der Waals surface area contributed by atoms with Gasteiger partial charge in [-0.3, -0.25) is 9.59 Å². The number of aliphatic carboxylic acids is 1. The molecule has 1 amide bonds. The van der Waals surface area contributed by atoms with Crippen LogP contribution in [-0.2, 0) is 9.59 Å². The molecular formula is C15H19NO4. The van der Waals surface area contributed by atoms with Crippen molar-refractivity contribution in [3.63, 3.8) is 0 Å². The fraction of sp³-hybridized carbons (Fsp3) is 0.467. The van der Waals surface area contributed by atoms with Gasteiger partial charge in [-0.05, 0) is 44.0 Å². The Morgan fingerprint density at radius 3 is 2.50 bits per heavy atom. The van der Waals surface area contributed by atoms with Crippen molar-refractivity contribution in [2.24, 2.45) is 11.8 Å². The van der Waals surface area contributed by atoms with E-state index in [4.69, 9.17) is 9.84 Å². The Morgan fingerprint density at radius 1 is 1.25 bits per heavy atom. The van der Waals surface area contributed by atoms with Crippen LogP contribution in [0.15, 0.2) is 24.3 Å². The van der Waals surface area contributed by atoms with Gasteiger partial charge in [0.1, 0.15) is 5.75 Å². The third-order valence-electron chi connectivity index (χ3n) is 3.60. The van der Waals surface area contributed by atoms with Crippen LogP contribution in [-0.4, -0.2) is 23.6 Å². The highest BCUT2D eigenvalue weighted by Crippen LogP contribution is 2.33. The van der Waals surface area contributed by atoms with Gasteiger partial charge >= 0.3 is 5.97 Å². The van der Waals surface area contributed by atoms with E-state index in [1.54, 1.807) is 24.3 Å². The van der Waals surface area contributed by atoms with E-state index in [0.29, 0.717) is 25.1 Å². The highest BCUT2D eigenvalue weighted by atomic mass is 16.5. The summed E-state index contributed by atoms with van der Waals surface area (Å²) in [6.45, 7) is 2.50. The van der Waals surface area contributed by atoms with E-state index in [1.807, 2.05) is 6.92 Å². The lowest BCUT2D eigenvalue weighted by molar-refractivity contribution is -0.145. The van der Waals surface area contributed by atoms with Crippen LogP contribution in [0.3, 0.4) is 0 Å². The number of nitrogens with one attached hydrogen (secondary N) is 1. The van der Waals surface area contributed by atoms with Crippen LogP contribution in [0.2, 0.25) is 0 Å². The van der Waals surface area contributed by atoms with Gasteiger partial charge in [0.25, 0.3) is 0 Å². The molecule has 0 bridgehead atoms. The zero-order chi connectivity index (χ0) is 14.5. The predicted octanol–water partition coefficient (Wildman–Crippen LogP) is 2.52. The molecule has 0 heterocycles. The summed E-state index contributed by atoms with van der Waals surface area (Å²) in [5.41, 5.74) is 0.662. The standard InChI is InChI=1S/C15H19NO4/c1-2-20-11-8-6-10(7-9-11)16-14(17)12-4-3-5-13(12)15(18)19/h6-9,12-13H,2-5H2,1H3,(H,16,17)(H,18,19). The number of benzene rings is 1. The lowest BCUT2D eigenvalue weighted by Crippen LogP contribution is -2.29. The quantitative estimate of drug-likeness (QED) is 0.867. The number of amides is 1. The van der Waals surface area contributed by atoms with E-state index in [1.165, 1.54) is 0 Å². The maximum atomic E-state index is 12.1. The number of carbonyl (C=O) groups excluding carboxylic acids is 1. The molecule has 1 saturated carbocycles. The Morgan fingerprint density at radius 2 is 1.90 bits per heavy atom. The summed E-state index contributed by atoms with van der Waals surface area (Å²) < 4.78 is 5.32. The van der Waals surface area contributed by atoms with Crippen LogP contribution in [0.4, 0.5) is 5.69 Å². The zero-order valence-corrected chi connectivity index (χ0v) is 11.5. The average Bonchev–Trinajstić information content (AvgIpc) is 2.91. The first-order valence-electron chi connectivity index (χ1n) is 6.88. The molecule has 5 nitrogen and oxygen atoms in total. The fourth-order valence-corrected chi connectivity index (χ4v) is 2.61. The van der Waals surface area contributed by atoms with Gasteiger partial charge in [0.15, 0.2) is 0 Å². The summed E-state index contributed by atoms with van der Waals surface area (Å²) in [5, 5.41) is 11.9. The molecule has 1 aliphatic carbocycles. The number of carbonyl (C=O) groups is 2. The molecule has 2 atom stereocenters.